The first-order valence-corrected chi connectivity index (χ1v) is 9.83. The van der Waals surface area contributed by atoms with Gasteiger partial charge < -0.3 is 9.15 Å². The second-order valence-corrected chi connectivity index (χ2v) is 7.26. The van der Waals surface area contributed by atoms with Gasteiger partial charge in [-0.15, -0.1) is 0 Å². The fourth-order valence-electron chi connectivity index (χ4n) is 3.80. The van der Waals surface area contributed by atoms with Crippen LogP contribution in [0.4, 0.5) is 0 Å². The van der Waals surface area contributed by atoms with Gasteiger partial charge in [0.1, 0.15) is 23.6 Å². The number of rotatable bonds is 6. The van der Waals surface area contributed by atoms with Gasteiger partial charge in [0.2, 0.25) is 12.1 Å². The van der Waals surface area contributed by atoms with Crippen LogP contribution in [0.25, 0.3) is 22.0 Å². The molecular formula is C25H21N2O3+. The highest BCUT2D eigenvalue weighted by molar-refractivity contribution is 5.95. The van der Waals surface area contributed by atoms with Crippen molar-refractivity contribution in [3.63, 3.8) is 0 Å². The molecule has 0 unspecified atom stereocenters. The van der Waals surface area contributed by atoms with E-state index in [1.54, 1.807) is 19.2 Å². The number of fused-ring (bicyclic) bond motifs is 2. The molecule has 0 fully saturated rings. The van der Waals surface area contributed by atoms with Gasteiger partial charge in [-0.1, -0.05) is 30.3 Å². The number of benzene rings is 3. The van der Waals surface area contributed by atoms with Crippen LogP contribution in [0.5, 0.6) is 5.75 Å². The molecule has 5 rings (SSSR count). The molecule has 148 valence electrons. The van der Waals surface area contributed by atoms with Gasteiger partial charge in [-0.25, -0.2) is 9.13 Å². The Hall–Kier alpha value is -3.86. The molecule has 0 radical (unpaired) electrons. The van der Waals surface area contributed by atoms with Crippen molar-refractivity contribution in [1.82, 2.24) is 4.57 Å². The minimum Gasteiger partial charge on any atom is -0.497 e. The van der Waals surface area contributed by atoms with E-state index in [9.17, 15) is 4.79 Å². The zero-order valence-electron chi connectivity index (χ0n) is 16.6. The van der Waals surface area contributed by atoms with Gasteiger partial charge in [0.05, 0.1) is 7.11 Å². The van der Waals surface area contributed by atoms with Crippen LogP contribution in [0.15, 0.2) is 89.6 Å². The lowest BCUT2D eigenvalue weighted by atomic mass is 10.1. The van der Waals surface area contributed by atoms with E-state index < -0.39 is 0 Å². The zero-order valence-corrected chi connectivity index (χ0v) is 16.6. The van der Waals surface area contributed by atoms with E-state index in [0.29, 0.717) is 12.1 Å². The molecule has 0 aliphatic rings. The first-order chi connectivity index (χ1) is 14.7. The molecule has 5 aromatic rings. The monoisotopic (exact) mass is 397 g/mol. The summed E-state index contributed by atoms with van der Waals surface area (Å²) in [6.07, 6.45) is 1.99. The topological polar surface area (TPSA) is 48.2 Å². The Kier molecular flexibility index (Phi) is 4.56. The Bertz CT molecular complexity index is 1310. The molecule has 0 atom stereocenters. The number of Topliss-reactive ketones (excluding diaryl/α,β-unsaturated/α-hetero) is 1. The molecule has 0 amide bonds. The largest absolute Gasteiger partial charge is 0.497 e. The lowest BCUT2D eigenvalue weighted by Gasteiger charge is -2.02. The summed E-state index contributed by atoms with van der Waals surface area (Å²) in [5.74, 6) is 1.67. The first kappa shape index (κ1) is 18.2. The number of ketones is 1. The minimum atomic E-state index is 0.0503. The average Bonchev–Trinajstić information content (AvgIpc) is 3.35. The highest BCUT2D eigenvalue weighted by Crippen LogP contribution is 2.21. The minimum absolute atomic E-state index is 0.0503. The van der Waals surface area contributed by atoms with Crippen molar-refractivity contribution in [3.8, 4) is 5.75 Å². The van der Waals surface area contributed by atoms with Gasteiger partial charge >= 0.3 is 0 Å². The molecular weight excluding hydrogens is 376 g/mol. The number of para-hydroxylation sites is 3. The highest BCUT2D eigenvalue weighted by Gasteiger charge is 2.20. The summed E-state index contributed by atoms with van der Waals surface area (Å²) in [6, 6.07) is 25.4. The van der Waals surface area contributed by atoms with Crippen LogP contribution >= 0.6 is 0 Å². The van der Waals surface area contributed by atoms with Crippen molar-refractivity contribution in [1.29, 1.82) is 0 Å². The van der Waals surface area contributed by atoms with Gasteiger partial charge in [0.25, 0.3) is 0 Å². The molecule has 0 spiro atoms. The fourth-order valence-corrected chi connectivity index (χ4v) is 3.80. The molecule has 2 aromatic heterocycles. The number of hydrogen-bond acceptors (Lipinski definition) is 3. The standard InChI is InChI=1S/C25H21N2O3/c1-29-20-12-10-18(11-13-20)24(28)16-27-17-26(22-7-3-4-8-23(22)27)15-21-14-19-6-2-5-9-25(19)30-21/h2-14,17H,15-16H2,1H3/q+1. The van der Waals surface area contributed by atoms with Gasteiger partial charge in [0.15, 0.2) is 17.6 Å². The summed E-state index contributed by atoms with van der Waals surface area (Å²) in [4.78, 5) is 12.9. The maximum Gasteiger partial charge on any atom is 0.245 e. The third-order valence-corrected chi connectivity index (χ3v) is 5.31. The average molecular weight is 397 g/mol. The molecule has 0 saturated heterocycles. The van der Waals surface area contributed by atoms with Crippen molar-refractivity contribution in [2.75, 3.05) is 7.11 Å². The highest BCUT2D eigenvalue weighted by atomic mass is 16.5. The van der Waals surface area contributed by atoms with Gasteiger partial charge in [-0.2, -0.15) is 0 Å². The number of methoxy groups -OCH3 is 1. The van der Waals surface area contributed by atoms with Crippen LogP contribution in [0.3, 0.4) is 0 Å². The maximum atomic E-state index is 12.9. The van der Waals surface area contributed by atoms with Gasteiger partial charge in [-0.3, -0.25) is 4.79 Å². The molecule has 0 bridgehead atoms. The molecule has 0 aliphatic carbocycles. The van der Waals surface area contributed by atoms with E-state index in [1.807, 2.05) is 65.5 Å². The number of aromatic nitrogens is 2. The molecule has 0 saturated carbocycles. The van der Waals surface area contributed by atoms with Crippen LogP contribution in [-0.4, -0.2) is 17.5 Å². The quantitative estimate of drug-likeness (QED) is 0.310. The SMILES string of the molecule is COc1ccc(C(=O)C[n+]2cn(Cc3cc4ccccc4o3)c3ccccc32)cc1. The Morgan fingerprint density at radius 2 is 1.77 bits per heavy atom. The van der Waals surface area contributed by atoms with Crippen molar-refractivity contribution < 1.29 is 18.5 Å². The molecule has 3 aromatic carbocycles. The fraction of sp³-hybridized carbons (Fsp3) is 0.120. The lowest BCUT2D eigenvalue weighted by molar-refractivity contribution is -0.657. The zero-order chi connectivity index (χ0) is 20.5. The van der Waals surface area contributed by atoms with Crippen LogP contribution in [0, 0.1) is 0 Å². The number of nitrogens with zero attached hydrogens (tertiary/aromatic N) is 2. The molecule has 2 heterocycles. The Labute approximate surface area is 173 Å². The predicted molar refractivity (Wildman–Crippen MR) is 115 cm³/mol. The number of carbonyl (C=O) groups is 1. The third-order valence-electron chi connectivity index (χ3n) is 5.31. The van der Waals surface area contributed by atoms with E-state index in [-0.39, 0.29) is 12.3 Å². The van der Waals surface area contributed by atoms with Crippen LogP contribution in [0.2, 0.25) is 0 Å². The normalized spacial score (nSPS) is 11.2. The molecule has 0 aliphatic heterocycles. The van der Waals surface area contributed by atoms with E-state index in [2.05, 4.69) is 16.7 Å². The Morgan fingerprint density at radius 3 is 2.57 bits per heavy atom. The van der Waals surface area contributed by atoms with Crippen molar-refractivity contribution in [2.45, 2.75) is 13.1 Å². The van der Waals surface area contributed by atoms with Crippen molar-refractivity contribution in [2.24, 2.45) is 0 Å². The summed E-state index contributed by atoms with van der Waals surface area (Å²) in [7, 11) is 1.61. The summed E-state index contributed by atoms with van der Waals surface area (Å²) >= 11 is 0. The molecule has 5 heteroatoms. The number of hydrogen-bond donors (Lipinski definition) is 0. The van der Waals surface area contributed by atoms with Gasteiger partial charge in [-0.05, 0) is 48.5 Å². The van der Waals surface area contributed by atoms with Gasteiger partial charge in [0, 0.05) is 10.9 Å². The smallest absolute Gasteiger partial charge is 0.245 e. The maximum absolute atomic E-state index is 12.9. The van der Waals surface area contributed by atoms with Crippen molar-refractivity contribution >= 4 is 27.8 Å². The van der Waals surface area contributed by atoms with Crippen LogP contribution < -0.4 is 9.30 Å². The summed E-state index contributed by atoms with van der Waals surface area (Å²) < 4.78 is 15.3. The number of carbonyl (C=O) groups excluding carboxylic acids is 1. The second-order valence-electron chi connectivity index (χ2n) is 7.26. The summed E-state index contributed by atoms with van der Waals surface area (Å²) in [6.45, 7) is 0.860. The number of ether oxygens (including phenoxy) is 1. The third kappa shape index (κ3) is 3.35. The van der Waals surface area contributed by atoms with E-state index in [4.69, 9.17) is 9.15 Å². The number of imidazole rings is 1. The second kappa shape index (κ2) is 7.52. The summed E-state index contributed by atoms with van der Waals surface area (Å²) in [5.41, 5.74) is 3.61. The summed E-state index contributed by atoms with van der Waals surface area (Å²) in [5, 5.41) is 1.09. The molecule has 0 N–H and O–H groups in total. The molecule has 30 heavy (non-hydrogen) atoms. The number of furan rings is 1. The van der Waals surface area contributed by atoms with Crippen molar-refractivity contribution in [3.05, 3.63) is 96.5 Å². The molecule has 5 nitrogen and oxygen atoms in total. The predicted octanol–water partition coefficient (Wildman–Crippen LogP) is 4.61. The van der Waals surface area contributed by atoms with Crippen LogP contribution in [0.1, 0.15) is 16.1 Å². The Balaban J connectivity index is 1.46. The van der Waals surface area contributed by atoms with E-state index in [0.717, 1.165) is 33.5 Å². The first-order valence-electron chi connectivity index (χ1n) is 9.83. The van der Waals surface area contributed by atoms with E-state index >= 15 is 0 Å². The van der Waals surface area contributed by atoms with Crippen LogP contribution in [-0.2, 0) is 13.1 Å². The lowest BCUT2D eigenvalue weighted by Crippen LogP contribution is -2.36. The van der Waals surface area contributed by atoms with E-state index in [1.165, 1.54) is 0 Å². The Morgan fingerprint density at radius 1 is 1.00 bits per heavy atom.